The van der Waals surface area contributed by atoms with Crippen LogP contribution in [0.1, 0.15) is 37.3 Å². The van der Waals surface area contributed by atoms with E-state index in [1.54, 1.807) is 6.07 Å². The van der Waals surface area contributed by atoms with Gasteiger partial charge in [0.15, 0.2) is 0 Å². The second-order valence-electron chi connectivity index (χ2n) is 6.18. The molecule has 0 bridgehead atoms. The van der Waals surface area contributed by atoms with E-state index in [4.69, 9.17) is 10.5 Å². The van der Waals surface area contributed by atoms with Crippen LogP contribution in [0, 0.1) is 5.41 Å². The van der Waals surface area contributed by atoms with Crippen molar-refractivity contribution in [3.05, 3.63) is 29.3 Å². The van der Waals surface area contributed by atoms with Crippen molar-refractivity contribution in [3.63, 3.8) is 0 Å². The number of benzene rings is 1. The number of nitrogens with one attached hydrogen (secondary N) is 1. The zero-order valence-corrected chi connectivity index (χ0v) is 13.2. The van der Waals surface area contributed by atoms with E-state index >= 15 is 0 Å². The van der Waals surface area contributed by atoms with Crippen LogP contribution >= 0.6 is 0 Å². The Balaban J connectivity index is 1.74. The van der Waals surface area contributed by atoms with Crippen LogP contribution in [0.2, 0.25) is 0 Å². The number of nitrogens with two attached hydrogens (primary N) is 1. The summed E-state index contributed by atoms with van der Waals surface area (Å²) in [6.45, 7) is 3.03. The van der Waals surface area contributed by atoms with E-state index in [1.165, 1.54) is 0 Å². The topological polar surface area (TPSA) is 93.8 Å². The molecule has 0 radical (unpaired) electrons. The monoisotopic (exact) mass is 315 g/mol. The second-order valence-corrected chi connectivity index (χ2v) is 6.18. The summed E-state index contributed by atoms with van der Waals surface area (Å²) in [5.41, 5.74) is 6.96. The predicted molar refractivity (Wildman–Crippen MR) is 86.3 cm³/mol. The molecule has 6 nitrogen and oxygen atoms in total. The molecule has 2 amide bonds. The Morgan fingerprint density at radius 3 is 2.91 bits per heavy atom. The van der Waals surface area contributed by atoms with E-state index in [1.807, 2.05) is 19.1 Å². The molecule has 0 spiro atoms. The highest BCUT2D eigenvalue weighted by Crippen LogP contribution is 2.46. The molecule has 23 heavy (non-hydrogen) atoms. The van der Waals surface area contributed by atoms with Crippen LogP contribution in [0.25, 0.3) is 0 Å². The van der Waals surface area contributed by atoms with Gasteiger partial charge in [-0.25, -0.2) is 0 Å². The quantitative estimate of drug-likeness (QED) is 0.823. The molecule has 1 aliphatic heterocycles. The van der Waals surface area contributed by atoms with Crippen molar-refractivity contribution in [1.82, 2.24) is 5.32 Å². The number of amides is 2. The standard InChI is InChI=1S/C17H21N3O3/c1-2-8-19-16(22)17(6-7-17)10-23-12-5-3-4-11-9-13(21)20-15(18)14(11)12/h3-5H,2,6-10H2,1H3,(H,19,22)(H2,18,20,21). The first-order valence-corrected chi connectivity index (χ1v) is 7.96. The van der Waals surface area contributed by atoms with Gasteiger partial charge in [0, 0.05) is 6.54 Å². The Morgan fingerprint density at radius 1 is 1.43 bits per heavy atom. The van der Waals surface area contributed by atoms with Gasteiger partial charge in [-0.15, -0.1) is 0 Å². The van der Waals surface area contributed by atoms with Crippen LogP contribution in [-0.4, -0.2) is 30.8 Å². The van der Waals surface area contributed by atoms with Gasteiger partial charge in [0.05, 0.1) is 17.4 Å². The molecule has 0 unspecified atom stereocenters. The van der Waals surface area contributed by atoms with Crippen LogP contribution in [0.3, 0.4) is 0 Å². The predicted octanol–water partition coefficient (Wildman–Crippen LogP) is 1.16. The van der Waals surface area contributed by atoms with E-state index in [2.05, 4.69) is 10.3 Å². The molecule has 122 valence electrons. The van der Waals surface area contributed by atoms with Gasteiger partial charge < -0.3 is 15.8 Å². The zero-order valence-electron chi connectivity index (χ0n) is 13.2. The minimum absolute atomic E-state index is 0.0564. The number of carbonyl (C=O) groups is 2. The molecule has 3 rings (SSSR count). The fourth-order valence-corrected chi connectivity index (χ4v) is 2.76. The van der Waals surface area contributed by atoms with E-state index < -0.39 is 5.41 Å². The Morgan fingerprint density at radius 2 is 2.22 bits per heavy atom. The molecule has 1 aromatic rings. The fourth-order valence-electron chi connectivity index (χ4n) is 2.76. The summed E-state index contributed by atoms with van der Waals surface area (Å²) in [7, 11) is 0. The Kier molecular flexibility index (Phi) is 4.07. The SMILES string of the molecule is CCCNC(=O)C1(COc2cccc3c2C(N)=NC(=O)C3)CC1. The number of fused-ring (bicyclic) bond motifs is 1. The molecular weight excluding hydrogens is 294 g/mol. The molecule has 0 saturated heterocycles. The summed E-state index contributed by atoms with van der Waals surface area (Å²) < 4.78 is 5.91. The average molecular weight is 315 g/mol. The Bertz CT molecular complexity index is 678. The largest absolute Gasteiger partial charge is 0.492 e. The third-order valence-corrected chi connectivity index (χ3v) is 4.33. The van der Waals surface area contributed by atoms with Crippen molar-refractivity contribution in [1.29, 1.82) is 0 Å². The minimum Gasteiger partial charge on any atom is -0.492 e. The number of ether oxygens (including phenoxy) is 1. The van der Waals surface area contributed by atoms with E-state index in [9.17, 15) is 9.59 Å². The Labute approximate surface area is 135 Å². The summed E-state index contributed by atoms with van der Waals surface area (Å²) in [5, 5.41) is 2.94. The van der Waals surface area contributed by atoms with Crippen molar-refractivity contribution < 1.29 is 14.3 Å². The molecule has 2 aliphatic rings. The molecule has 0 aromatic heterocycles. The van der Waals surface area contributed by atoms with Crippen molar-refractivity contribution in [2.24, 2.45) is 16.1 Å². The number of carbonyl (C=O) groups excluding carboxylic acids is 2. The maximum atomic E-state index is 12.2. The summed E-state index contributed by atoms with van der Waals surface area (Å²) in [4.78, 5) is 27.5. The third kappa shape index (κ3) is 3.06. The van der Waals surface area contributed by atoms with Crippen molar-refractivity contribution in [3.8, 4) is 5.75 Å². The third-order valence-electron chi connectivity index (χ3n) is 4.33. The van der Waals surface area contributed by atoms with Gasteiger partial charge in [0.25, 0.3) is 5.91 Å². The molecule has 0 atom stereocenters. The van der Waals surface area contributed by atoms with Gasteiger partial charge in [0.2, 0.25) is 5.91 Å². The summed E-state index contributed by atoms with van der Waals surface area (Å²) in [6, 6.07) is 5.48. The molecular formula is C17H21N3O3. The highest BCUT2D eigenvalue weighted by Gasteiger charge is 2.50. The van der Waals surface area contributed by atoms with Crippen LogP contribution in [0.5, 0.6) is 5.75 Å². The number of hydrogen-bond donors (Lipinski definition) is 2. The number of nitrogens with zero attached hydrogens (tertiary/aromatic N) is 1. The van der Waals surface area contributed by atoms with Gasteiger partial charge in [0.1, 0.15) is 18.2 Å². The lowest BCUT2D eigenvalue weighted by atomic mass is 9.99. The van der Waals surface area contributed by atoms with Gasteiger partial charge in [-0.1, -0.05) is 19.1 Å². The Hall–Kier alpha value is -2.37. The smallest absolute Gasteiger partial charge is 0.252 e. The number of aliphatic imine (C=N–C) groups is 1. The van der Waals surface area contributed by atoms with Crippen molar-refractivity contribution in [2.75, 3.05) is 13.2 Å². The molecule has 6 heteroatoms. The number of amidine groups is 1. The molecule has 1 saturated carbocycles. The van der Waals surface area contributed by atoms with Crippen molar-refractivity contribution >= 4 is 17.6 Å². The first-order valence-electron chi connectivity index (χ1n) is 7.96. The molecule has 1 fully saturated rings. The van der Waals surface area contributed by atoms with E-state index in [0.29, 0.717) is 24.5 Å². The summed E-state index contributed by atoms with van der Waals surface area (Å²) in [6.07, 6.45) is 2.81. The minimum atomic E-state index is -0.422. The van der Waals surface area contributed by atoms with Crippen LogP contribution < -0.4 is 15.8 Å². The van der Waals surface area contributed by atoms with Crippen LogP contribution in [0.15, 0.2) is 23.2 Å². The highest BCUT2D eigenvalue weighted by molar-refractivity contribution is 6.10. The van der Waals surface area contributed by atoms with Gasteiger partial charge >= 0.3 is 0 Å². The van der Waals surface area contributed by atoms with Gasteiger partial charge in [-0.05, 0) is 30.9 Å². The zero-order chi connectivity index (χ0) is 16.4. The summed E-state index contributed by atoms with van der Waals surface area (Å²) in [5.74, 6) is 0.587. The van der Waals surface area contributed by atoms with Gasteiger partial charge in [-0.2, -0.15) is 4.99 Å². The molecule has 3 N–H and O–H groups in total. The second kappa shape index (κ2) is 6.02. The lowest BCUT2D eigenvalue weighted by Gasteiger charge is -2.20. The molecule has 1 aliphatic carbocycles. The molecule has 1 heterocycles. The first-order chi connectivity index (χ1) is 11.1. The lowest BCUT2D eigenvalue weighted by molar-refractivity contribution is -0.127. The maximum Gasteiger partial charge on any atom is 0.252 e. The van der Waals surface area contributed by atoms with E-state index in [-0.39, 0.29) is 24.1 Å². The van der Waals surface area contributed by atoms with Crippen LogP contribution in [-0.2, 0) is 16.0 Å². The summed E-state index contributed by atoms with van der Waals surface area (Å²) >= 11 is 0. The fraction of sp³-hybridized carbons (Fsp3) is 0.471. The molecule has 1 aromatic carbocycles. The average Bonchev–Trinajstić information content (AvgIpc) is 3.31. The van der Waals surface area contributed by atoms with E-state index in [0.717, 1.165) is 24.8 Å². The highest BCUT2D eigenvalue weighted by atomic mass is 16.5. The lowest BCUT2D eigenvalue weighted by Crippen LogP contribution is -2.36. The number of hydrogen-bond acceptors (Lipinski definition) is 4. The van der Waals surface area contributed by atoms with Gasteiger partial charge in [-0.3, -0.25) is 9.59 Å². The van der Waals surface area contributed by atoms with Crippen LogP contribution in [0.4, 0.5) is 0 Å². The number of rotatable bonds is 6. The maximum absolute atomic E-state index is 12.2. The normalized spacial score (nSPS) is 18.0. The van der Waals surface area contributed by atoms with Crippen molar-refractivity contribution in [2.45, 2.75) is 32.6 Å². The first kappa shape index (κ1) is 15.5.